The van der Waals surface area contributed by atoms with Crippen molar-refractivity contribution in [3.05, 3.63) is 26.7 Å². The van der Waals surface area contributed by atoms with E-state index >= 15 is 0 Å². The number of hydrogen-bond donors (Lipinski definition) is 2. The molecule has 0 radical (unpaired) electrons. The van der Waals surface area contributed by atoms with E-state index in [0.29, 0.717) is 5.03 Å². The van der Waals surface area contributed by atoms with Gasteiger partial charge in [-0.25, -0.2) is 19.7 Å². The van der Waals surface area contributed by atoms with Crippen molar-refractivity contribution in [2.24, 2.45) is 5.41 Å². The minimum absolute atomic E-state index is 0.170. The van der Waals surface area contributed by atoms with Crippen LogP contribution in [-0.4, -0.2) is 60.1 Å². The number of pyridine rings is 1. The van der Waals surface area contributed by atoms with Crippen LogP contribution in [0.2, 0.25) is 5.02 Å². The lowest BCUT2D eigenvalue weighted by Crippen LogP contribution is -2.53. The quantitative estimate of drug-likeness (QED) is 0.222. The van der Waals surface area contributed by atoms with Crippen molar-refractivity contribution in [2.75, 3.05) is 22.9 Å². The number of aromatic nitrogens is 3. The topological polar surface area (TPSA) is 118 Å². The third kappa shape index (κ3) is 7.73. The molecule has 1 aliphatic carbocycles. The van der Waals surface area contributed by atoms with Crippen LogP contribution in [-0.2, 0) is 16.8 Å². The average Bonchev–Trinajstić information content (AvgIpc) is 3.26. The van der Waals surface area contributed by atoms with Gasteiger partial charge < -0.3 is 14.6 Å². The highest BCUT2D eigenvalue weighted by Crippen LogP contribution is 2.48. The lowest BCUT2D eigenvalue weighted by atomic mass is 9.74. The third-order valence-corrected chi connectivity index (χ3v) is 12.8. The molecular weight excluding hydrogens is 731 g/mol. The first-order valence-corrected chi connectivity index (χ1v) is 18.5. The molecule has 1 saturated carbocycles. The summed E-state index contributed by atoms with van der Waals surface area (Å²) in [4.78, 5) is 30.8. The number of carbonyl (C=O) groups is 1. The standard InChI is InChI=1S/C31H46ClIN6O3S2/c1-28(2,3)19-17-34-25(39(27(40)41)29(4,5)6)22(32)23(19)43-26-24(33)36-21(18-35-26)38-15-13-31(14-16-38)12-10-11-20(31)37-44(42)30(7,8)9/h17-18,20,37H,10-16H2,1-9H3,(H,40,41)/t20-,44?/m1/s1. The molecule has 1 saturated heterocycles. The Morgan fingerprint density at radius 2 is 1.77 bits per heavy atom. The van der Waals surface area contributed by atoms with Crippen LogP contribution >= 0.6 is 46.0 Å². The molecule has 4 rings (SSSR count). The molecule has 0 bridgehead atoms. The lowest BCUT2D eigenvalue weighted by molar-refractivity contribution is 0.186. The summed E-state index contributed by atoms with van der Waals surface area (Å²) < 4.78 is 16.8. The zero-order valence-electron chi connectivity index (χ0n) is 27.3. The molecule has 44 heavy (non-hydrogen) atoms. The Balaban J connectivity index is 1.56. The van der Waals surface area contributed by atoms with Crippen molar-refractivity contribution < 1.29 is 14.5 Å². The van der Waals surface area contributed by atoms with Crippen molar-refractivity contribution in [3.63, 3.8) is 0 Å². The molecule has 2 aromatic rings. The predicted molar refractivity (Wildman–Crippen MR) is 190 cm³/mol. The van der Waals surface area contributed by atoms with Crippen LogP contribution < -0.4 is 14.5 Å². The Morgan fingerprint density at radius 3 is 2.30 bits per heavy atom. The summed E-state index contributed by atoms with van der Waals surface area (Å²) in [6, 6.07) is 0.275. The Labute approximate surface area is 288 Å². The van der Waals surface area contributed by atoms with Gasteiger partial charge in [0, 0.05) is 41.1 Å². The van der Waals surface area contributed by atoms with E-state index < -0.39 is 23.0 Å². The van der Waals surface area contributed by atoms with E-state index in [9.17, 15) is 14.5 Å². The summed E-state index contributed by atoms with van der Waals surface area (Å²) in [6.45, 7) is 19.5. The van der Waals surface area contributed by atoms with E-state index in [-0.39, 0.29) is 32.5 Å². The highest BCUT2D eigenvalue weighted by Gasteiger charge is 2.48. The van der Waals surface area contributed by atoms with E-state index in [2.05, 4.69) is 58.0 Å². The van der Waals surface area contributed by atoms with E-state index in [1.54, 1.807) is 6.20 Å². The van der Waals surface area contributed by atoms with Crippen LogP contribution in [0.4, 0.5) is 16.4 Å². The zero-order valence-corrected chi connectivity index (χ0v) is 31.8. The first-order valence-electron chi connectivity index (χ1n) is 15.1. The van der Waals surface area contributed by atoms with E-state index in [1.807, 2.05) is 47.7 Å². The molecular formula is C31H46ClIN6O3S2. The molecule has 2 fully saturated rings. The van der Waals surface area contributed by atoms with Gasteiger partial charge in [-0.15, -0.1) is 4.72 Å². The van der Waals surface area contributed by atoms with Crippen molar-refractivity contribution in [2.45, 2.75) is 126 Å². The minimum atomic E-state index is -1.12. The molecule has 1 aliphatic heterocycles. The maximum Gasteiger partial charge on any atom is 0.413 e. The van der Waals surface area contributed by atoms with Crippen LogP contribution in [0.25, 0.3) is 0 Å². The van der Waals surface area contributed by atoms with Crippen molar-refractivity contribution in [3.8, 4) is 0 Å². The molecule has 244 valence electrons. The fourth-order valence-corrected chi connectivity index (χ4v) is 9.14. The second kappa shape index (κ2) is 13.2. The number of nitrogens with zero attached hydrogens (tertiary/aromatic N) is 5. The Bertz CT molecular complexity index is 1370. The lowest BCUT2D eigenvalue weighted by Gasteiger charge is -2.44. The van der Waals surface area contributed by atoms with Crippen LogP contribution in [0.1, 0.15) is 100.0 Å². The van der Waals surface area contributed by atoms with E-state index in [0.717, 1.165) is 58.8 Å². The summed E-state index contributed by atoms with van der Waals surface area (Å²) in [5.41, 5.74) is 0.0478. The highest BCUT2D eigenvalue weighted by atomic mass is 127. The van der Waals surface area contributed by atoms with E-state index in [1.165, 1.54) is 23.1 Å². The highest BCUT2D eigenvalue weighted by molar-refractivity contribution is 14.1. The first-order chi connectivity index (χ1) is 20.2. The zero-order chi connectivity index (χ0) is 32.8. The van der Waals surface area contributed by atoms with Gasteiger partial charge in [0.1, 0.15) is 19.3 Å². The largest absolute Gasteiger partial charge is 0.598 e. The number of carboxylic acid groups (broad SMARTS) is 1. The molecule has 2 N–H and O–H groups in total. The fraction of sp³-hybridized carbons (Fsp3) is 0.677. The summed E-state index contributed by atoms with van der Waals surface area (Å²) in [7, 11) is 0. The molecule has 2 aliphatic rings. The number of rotatable bonds is 6. The van der Waals surface area contributed by atoms with Gasteiger partial charge >= 0.3 is 6.09 Å². The third-order valence-electron chi connectivity index (χ3n) is 8.52. The predicted octanol–water partition coefficient (Wildman–Crippen LogP) is 8.05. The fourth-order valence-electron chi connectivity index (χ4n) is 6.02. The second-order valence-electron chi connectivity index (χ2n) is 14.9. The van der Waals surface area contributed by atoms with Crippen molar-refractivity contribution in [1.29, 1.82) is 0 Å². The SMILES string of the molecule is CC(C)(C)c1cnc(N(C(=O)O)C(C)(C)C)c(Cl)c1Sc1ncc(N2CCC3(CCC[C@H]3N[S+]([O-])C(C)(C)C)CC2)nc1I. The van der Waals surface area contributed by atoms with Gasteiger partial charge in [0.15, 0.2) is 5.82 Å². The molecule has 0 aromatic carbocycles. The van der Waals surface area contributed by atoms with Gasteiger partial charge in [-0.3, -0.25) is 4.90 Å². The van der Waals surface area contributed by atoms with E-state index in [4.69, 9.17) is 21.6 Å². The number of piperidine rings is 1. The smallest absolute Gasteiger partial charge is 0.413 e. The maximum atomic E-state index is 12.9. The second-order valence-corrected chi connectivity index (χ2v) is 19.3. The van der Waals surface area contributed by atoms with Crippen LogP contribution in [0, 0.1) is 9.12 Å². The summed E-state index contributed by atoms with van der Waals surface area (Å²) in [6.07, 6.45) is 7.89. The summed E-state index contributed by atoms with van der Waals surface area (Å²) >= 11 is 9.52. The van der Waals surface area contributed by atoms with Crippen molar-refractivity contribution in [1.82, 2.24) is 19.7 Å². The Morgan fingerprint density at radius 1 is 1.14 bits per heavy atom. The molecule has 1 unspecified atom stereocenters. The van der Waals surface area contributed by atoms with Gasteiger partial charge in [0.2, 0.25) is 0 Å². The van der Waals surface area contributed by atoms with Gasteiger partial charge in [-0.1, -0.05) is 50.6 Å². The number of hydrogen-bond acceptors (Lipinski definition) is 8. The van der Waals surface area contributed by atoms with Crippen LogP contribution in [0.15, 0.2) is 22.3 Å². The molecule has 9 nitrogen and oxygen atoms in total. The minimum Gasteiger partial charge on any atom is -0.598 e. The molecule has 3 heterocycles. The molecule has 2 atom stereocenters. The van der Waals surface area contributed by atoms with Gasteiger partial charge in [0.05, 0.1) is 17.3 Å². The number of nitrogens with one attached hydrogen (secondary N) is 1. The molecule has 1 spiro atoms. The Kier molecular flexibility index (Phi) is 10.7. The van der Waals surface area contributed by atoms with Crippen molar-refractivity contribution >= 4 is 75.0 Å². The molecule has 1 amide bonds. The Hall–Kier alpha value is -1.06. The first kappa shape index (κ1) is 35.8. The molecule has 2 aromatic heterocycles. The van der Waals surface area contributed by atoms with Gasteiger partial charge in [0.25, 0.3) is 0 Å². The van der Waals surface area contributed by atoms with Gasteiger partial charge in [-0.05, 0) is 106 Å². The van der Waals surface area contributed by atoms with Gasteiger partial charge in [-0.2, -0.15) is 0 Å². The van der Waals surface area contributed by atoms with Crippen LogP contribution in [0.5, 0.6) is 0 Å². The number of amides is 1. The monoisotopic (exact) mass is 776 g/mol. The molecule has 13 heteroatoms. The summed E-state index contributed by atoms with van der Waals surface area (Å²) in [5.74, 6) is 1.05. The number of anilines is 2. The average molecular weight is 777 g/mol. The van der Waals surface area contributed by atoms with Crippen LogP contribution in [0.3, 0.4) is 0 Å². The number of halogens is 2. The summed E-state index contributed by atoms with van der Waals surface area (Å²) in [5, 5.41) is 11.0. The normalized spacial score (nSPS) is 19.8. The maximum absolute atomic E-state index is 12.9.